The Morgan fingerprint density at radius 2 is 1.97 bits per heavy atom. The van der Waals surface area contributed by atoms with Crippen LogP contribution in [0.15, 0.2) is 41.7 Å². The molecule has 0 spiro atoms. The number of hydrogen-bond acceptors (Lipinski definition) is 5. The second kappa shape index (κ2) is 12.3. The number of carbonyl (C=O) groups excluding carboxylic acids is 2. The number of methoxy groups -OCH3 is 1. The highest BCUT2D eigenvalue weighted by molar-refractivity contribution is 14.0. The summed E-state index contributed by atoms with van der Waals surface area (Å²) in [7, 11) is 3.43. The van der Waals surface area contributed by atoms with Crippen molar-refractivity contribution in [2.75, 3.05) is 44.7 Å². The molecule has 1 aromatic heterocycles. The van der Waals surface area contributed by atoms with Gasteiger partial charge in [0.1, 0.15) is 18.8 Å². The lowest BCUT2D eigenvalue weighted by Crippen LogP contribution is -2.55. The maximum absolute atomic E-state index is 12.6. The highest BCUT2D eigenvalue weighted by atomic mass is 127. The smallest absolute Gasteiger partial charge is 0.246 e. The van der Waals surface area contributed by atoms with Gasteiger partial charge in [0.2, 0.25) is 11.8 Å². The molecule has 0 saturated carbocycles. The molecule has 0 aliphatic carbocycles. The summed E-state index contributed by atoms with van der Waals surface area (Å²) in [5.74, 6) is 1.11. The first-order valence-corrected chi connectivity index (χ1v) is 10.2. The predicted octanol–water partition coefficient (Wildman–Crippen LogP) is 0.977. The predicted molar refractivity (Wildman–Crippen MR) is 133 cm³/mol. The second-order valence-electron chi connectivity index (χ2n) is 7.13. The van der Waals surface area contributed by atoms with Crippen LogP contribution in [-0.2, 0) is 23.2 Å². The van der Waals surface area contributed by atoms with Crippen LogP contribution in [0.1, 0.15) is 12.5 Å². The number of rotatable bonds is 7. The van der Waals surface area contributed by atoms with Crippen LogP contribution in [0.2, 0.25) is 0 Å². The van der Waals surface area contributed by atoms with Crippen molar-refractivity contribution in [2.45, 2.75) is 13.5 Å². The molecule has 2 heterocycles. The highest BCUT2D eigenvalue weighted by Crippen LogP contribution is 2.16. The summed E-state index contributed by atoms with van der Waals surface area (Å²) >= 11 is 0. The zero-order valence-electron chi connectivity index (χ0n) is 18.6. The molecule has 11 heteroatoms. The molecule has 1 fully saturated rings. The van der Waals surface area contributed by atoms with Gasteiger partial charge in [0, 0.05) is 39.4 Å². The van der Waals surface area contributed by atoms with Gasteiger partial charge < -0.3 is 25.2 Å². The summed E-state index contributed by atoms with van der Waals surface area (Å²) in [5, 5.41) is 10.2. The van der Waals surface area contributed by atoms with Gasteiger partial charge in [-0.1, -0.05) is 12.1 Å². The van der Waals surface area contributed by atoms with E-state index in [0.717, 1.165) is 17.0 Å². The Labute approximate surface area is 205 Å². The molecule has 32 heavy (non-hydrogen) atoms. The Hall–Kier alpha value is -2.83. The van der Waals surface area contributed by atoms with Crippen molar-refractivity contribution >= 4 is 47.4 Å². The molecule has 2 N–H and O–H groups in total. The summed E-state index contributed by atoms with van der Waals surface area (Å²) in [4.78, 5) is 32.9. The number of ether oxygens (including phenoxy) is 1. The SMILES string of the molecule is CCNC(=NCC(=O)NCc1ccc(OC)cc1)N1CCN(c2cnn(C)c2)C(=O)C1.I. The molecule has 1 aliphatic heterocycles. The number of anilines is 1. The van der Waals surface area contributed by atoms with Gasteiger partial charge in [-0.05, 0) is 24.6 Å². The van der Waals surface area contributed by atoms with E-state index < -0.39 is 0 Å². The van der Waals surface area contributed by atoms with Gasteiger partial charge in [0.05, 0.1) is 19.0 Å². The summed E-state index contributed by atoms with van der Waals surface area (Å²) in [6, 6.07) is 7.51. The van der Waals surface area contributed by atoms with E-state index in [1.807, 2.05) is 49.3 Å². The van der Waals surface area contributed by atoms with Crippen LogP contribution in [0.3, 0.4) is 0 Å². The molecule has 3 rings (SSSR count). The largest absolute Gasteiger partial charge is 0.497 e. The standard InChI is InChI=1S/C21H29N7O3.HI/c1-4-22-21(24-13-19(29)23-11-16-5-7-18(31-3)8-6-16)27-9-10-28(20(30)15-27)17-12-25-26(2)14-17;/h5-8,12,14H,4,9-11,13,15H2,1-3H3,(H,22,24)(H,23,29);1H. The number of amides is 2. The molecule has 2 amide bonds. The van der Waals surface area contributed by atoms with Crippen LogP contribution in [-0.4, -0.2) is 72.3 Å². The highest BCUT2D eigenvalue weighted by Gasteiger charge is 2.27. The number of benzene rings is 1. The number of hydrogen-bond donors (Lipinski definition) is 2. The molecule has 1 aromatic carbocycles. The van der Waals surface area contributed by atoms with E-state index in [4.69, 9.17) is 4.74 Å². The lowest BCUT2D eigenvalue weighted by Gasteiger charge is -2.35. The summed E-state index contributed by atoms with van der Waals surface area (Å²) in [6.07, 6.45) is 3.50. The van der Waals surface area contributed by atoms with Crippen LogP contribution >= 0.6 is 24.0 Å². The Balaban J connectivity index is 0.00000363. The molecule has 0 bridgehead atoms. The number of halogens is 1. The lowest BCUT2D eigenvalue weighted by molar-refractivity contribution is -0.120. The van der Waals surface area contributed by atoms with Crippen molar-refractivity contribution < 1.29 is 14.3 Å². The van der Waals surface area contributed by atoms with Gasteiger partial charge in [0.25, 0.3) is 0 Å². The van der Waals surface area contributed by atoms with Gasteiger partial charge in [-0.15, -0.1) is 24.0 Å². The molecule has 0 atom stereocenters. The number of guanidine groups is 1. The van der Waals surface area contributed by atoms with Crippen molar-refractivity contribution in [1.29, 1.82) is 0 Å². The number of carbonyl (C=O) groups is 2. The van der Waals surface area contributed by atoms with Gasteiger partial charge >= 0.3 is 0 Å². The Morgan fingerprint density at radius 1 is 1.22 bits per heavy atom. The zero-order valence-corrected chi connectivity index (χ0v) is 20.9. The first kappa shape index (κ1) is 25.4. The van der Waals surface area contributed by atoms with E-state index in [1.165, 1.54) is 0 Å². The average molecular weight is 555 g/mol. The quantitative estimate of drug-likeness (QED) is 0.300. The van der Waals surface area contributed by atoms with E-state index in [-0.39, 0.29) is 48.9 Å². The maximum atomic E-state index is 12.6. The minimum Gasteiger partial charge on any atom is -0.497 e. The van der Waals surface area contributed by atoms with Crippen molar-refractivity contribution in [3.63, 3.8) is 0 Å². The fourth-order valence-corrected chi connectivity index (χ4v) is 3.25. The van der Waals surface area contributed by atoms with Crippen LogP contribution in [0.5, 0.6) is 5.75 Å². The molecule has 0 radical (unpaired) electrons. The van der Waals surface area contributed by atoms with Crippen LogP contribution in [0.25, 0.3) is 0 Å². The number of aryl methyl sites for hydroxylation is 1. The van der Waals surface area contributed by atoms with Gasteiger partial charge in [-0.25, -0.2) is 4.99 Å². The molecular weight excluding hydrogens is 525 g/mol. The van der Waals surface area contributed by atoms with E-state index >= 15 is 0 Å². The Morgan fingerprint density at radius 3 is 2.56 bits per heavy atom. The zero-order chi connectivity index (χ0) is 22.2. The molecule has 0 unspecified atom stereocenters. The summed E-state index contributed by atoms with van der Waals surface area (Å²) in [6.45, 7) is 4.32. The number of aliphatic imine (C=N–C) groups is 1. The minimum atomic E-state index is -0.188. The summed E-state index contributed by atoms with van der Waals surface area (Å²) < 4.78 is 6.80. The van der Waals surface area contributed by atoms with Crippen molar-refractivity contribution in [3.8, 4) is 5.75 Å². The summed E-state index contributed by atoms with van der Waals surface area (Å²) in [5.41, 5.74) is 1.76. The molecule has 174 valence electrons. The van der Waals surface area contributed by atoms with E-state index in [1.54, 1.807) is 22.9 Å². The molecule has 1 saturated heterocycles. The third-order valence-corrected chi connectivity index (χ3v) is 4.88. The van der Waals surface area contributed by atoms with Crippen LogP contribution in [0, 0.1) is 0 Å². The second-order valence-corrected chi connectivity index (χ2v) is 7.13. The normalized spacial score (nSPS) is 14.1. The van der Waals surface area contributed by atoms with Gasteiger partial charge in [-0.3, -0.25) is 14.3 Å². The fourth-order valence-electron chi connectivity index (χ4n) is 3.25. The van der Waals surface area contributed by atoms with Gasteiger partial charge in [-0.2, -0.15) is 5.10 Å². The van der Waals surface area contributed by atoms with Crippen LogP contribution < -0.4 is 20.3 Å². The van der Waals surface area contributed by atoms with Crippen molar-refractivity contribution in [3.05, 3.63) is 42.2 Å². The number of aromatic nitrogens is 2. The maximum Gasteiger partial charge on any atom is 0.246 e. The molecular formula is C21H30IN7O3. The third kappa shape index (κ3) is 6.84. The topological polar surface area (TPSA) is 104 Å². The Bertz CT molecular complexity index is 930. The van der Waals surface area contributed by atoms with E-state index in [0.29, 0.717) is 32.1 Å². The first-order chi connectivity index (χ1) is 15.0. The average Bonchev–Trinajstić information content (AvgIpc) is 3.21. The van der Waals surface area contributed by atoms with Crippen LogP contribution in [0.4, 0.5) is 5.69 Å². The molecule has 10 nitrogen and oxygen atoms in total. The molecule has 1 aliphatic rings. The number of nitrogens with one attached hydrogen (secondary N) is 2. The van der Waals surface area contributed by atoms with E-state index in [2.05, 4.69) is 20.7 Å². The van der Waals surface area contributed by atoms with Gasteiger partial charge in [0.15, 0.2) is 5.96 Å². The number of nitrogens with zero attached hydrogens (tertiary/aromatic N) is 5. The third-order valence-electron chi connectivity index (χ3n) is 4.88. The van der Waals surface area contributed by atoms with Crippen molar-refractivity contribution in [1.82, 2.24) is 25.3 Å². The fraction of sp³-hybridized carbons (Fsp3) is 0.429. The minimum absolute atomic E-state index is 0. The number of piperazine rings is 1. The lowest BCUT2D eigenvalue weighted by atomic mass is 10.2. The monoisotopic (exact) mass is 555 g/mol. The van der Waals surface area contributed by atoms with Crippen molar-refractivity contribution in [2.24, 2.45) is 12.0 Å². The first-order valence-electron chi connectivity index (χ1n) is 10.2. The Kier molecular flexibility index (Phi) is 9.75. The molecule has 2 aromatic rings. The van der Waals surface area contributed by atoms with E-state index in [9.17, 15) is 9.59 Å².